The maximum absolute atomic E-state index is 2.29. The molecule has 0 aliphatic heterocycles. The lowest BCUT2D eigenvalue weighted by Gasteiger charge is -2.06. The Morgan fingerprint density at radius 1 is 0.500 bits per heavy atom. The first-order valence-corrected chi connectivity index (χ1v) is 13.3. The van der Waals surface area contributed by atoms with Crippen LogP contribution >= 0.6 is 23.5 Å². The van der Waals surface area contributed by atoms with Gasteiger partial charge in [0.25, 0.3) is 0 Å². The molecule has 0 spiro atoms. The van der Waals surface area contributed by atoms with Gasteiger partial charge >= 0.3 is 0 Å². The summed E-state index contributed by atoms with van der Waals surface area (Å²) in [6.07, 6.45) is 14.1. The van der Waals surface area contributed by atoms with Gasteiger partial charge in [0.05, 0.1) is 0 Å². The molecule has 0 amide bonds. The van der Waals surface area contributed by atoms with Gasteiger partial charge in [-0.2, -0.15) is 0 Å². The molecule has 0 N–H and O–H groups in total. The van der Waals surface area contributed by atoms with E-state index >= 15 is 0 Å². The minimum atomic E-state index is 1.13. The van der Waals surface area contributed by atoms with Crippen molar-refractivity contribution in [2.24, 2.45) is 0 Å². The molecule has 2 heteroatoms. The van der Waals surface area contributed by atoms with E-state index in [1.54, 1.807) is 0 Å². The molecule has 0 bridgehead atoms. The van der Waals surface area contributed by atoms with E-state index in [0.29, 0.717) is 0 Å². The molecular weight excluding hydrogens is 376 g/mol. The largest absolute Gasteiger partial charge is 0.126 e. The molecule has 0 nitrogen and oxygen atoms in total. The van der Waals surface area contributed by atoms with Gasteiger partial charge in [-0.25, -0.2) is 0 Å². The number of thioether (sulfide) groups is 2. The van der Waals surface area contributed by atoms with E-state index in [1.165, 1.54) is 90.9 Å². The molecule has 0 saturated carbocycles. The van der Waals surface area contributed by atoms with Crippen molar-refractivity contribution in [1.29, 1.82) is 0 Å². The summed E-state index contributed by atoms with van der Waals surface area (Å²) in [4.78, 5) is 2.76. The molecule has 28 heavy (non-hydrogen) atoms. The van der Waals surface area contributed by atoms with Crippen LogP contribution in [-0.2, 0) is 0 Å². The lowest BCUT2D eigenvalue weighted by Crippen LogP contribution is -1.84. The molecule has 2 aromatic rings. The minimum absolute atomic E-state index is 1.13. The summed E-state index contributed by atoms with van der Waals surface area (Å²) in [5, 5.41) is 0. The third-order valence-electron chi connectivity index (χ3n) is 5.12. The van der Waals surface area contributed by atoms with Crippen LogP contribution in [0.15, 0.2) is 58.3 Å². The fourth-order valence-electron chi connectivity index (χ4n) is 3.43. The van der Waals surface area contributed by atoms with E-state index in [2.05, 4.69) is 62.4 Å². The van der Waals surface area contributed by atoms with Gasteiger partial charge in [0, 0.05) is 9.79 Å². The summed E-state index contributed by atoms with van der Waals surface area (Å²) in [7, 11) is 0. The highest BCUT2D eigenvalue weighted by Gasteiger charge is 2.00. The van der Waals surface area contributed by atoms with E-state index in [9.17, 15) is 0 Å². The van der Waals surface area contributed by atoms with Crippen LogP contribution < -0.4 is 0 Å². The lowest BCUT2D eigenvalue weighted by atomic mass is 10.1. The normalized spacial score (nSPS) is 11.1. The molecule has 0 aliphatic carbocycles. The molecular formula is C26H38S2. The Morgan fingerprint density at radius 2 is 0.929 bits per heavy atom. The highest BCUT2D eigenvalue weighted by molar-refractivity contribution is 7.99. The topological polar surface area (TPSA) is 0 Å². The van der Waals surface area contributed by atoms with E-state index < -0.39 is 0 Å². The van der Waals surface area contributed by atoms with Crippen molar-refractivity contribution < 1.29 is 0 Å². The predicted molar refractivity (Wildman–Crippen MR) is 131 cm³/mol. The molecule has 0 heterocycles. The Morgan fingerprint density at radius 3 is 1.39 bits per heavy atom. The first kappa shape index (κ1) is 23.4. The summed E-state index contributed by atoms with van der Waals surface area (Å²) in [5.74, 6) is 2.38. The maximum Gasteiger partial charge on any atom is 0.00723 e. The number of rotatable bonds is 15. The van der Waals surface area contributed by atoms with Crippen molar-refractivity contribution in [2.75, 3.05) is 11.5 Å². The zero-order valence-electron chi connectivity index (χ0n) is 17.9. The molecule has 0 aromatic heterocycles. The molecule has 0 fully saturated rings. The monoisotopic (exact) mass is 414 g/mol. The third kappa shape index (κ3) is 9.56. The Hall–Kier alpha value is -0.860. The van der Waals surface area contributed by atoms with E-state index in [0.717, 1.165) is 5.75 Å². The smallest absolute Gasteiger partial charge is 0.00723 e. The second kappa shape index (κ2) is 15.0. The van der Waals surface area contributed by atoms with Crippen LogP contribution in [0.4, 0.5) is 0 Å². The fourth-order valence-corrected chi connectivity index (χ4v) is 5.01. The van der Waals surface area contributed by atoms with Gasteiger partial charge in [-0.15, -0.1) is 23.5 Å². The van der Waals surface area contributed by atoms with Crippen molar-refractivity contribution in [3.8, 4) is 11.1 Å². The summed E-state index contributed by atoms with van der Waals surface area (Å²) in [5.41, 5.74) is 2.63. The molecule has 154 valence electrons. The third-order valence-corrected chi connectivity index (χ3v) is 7.11. The highest BCUT2D eigenvalue weighted by atomic mass is 32.2. The van der Waals surface area contributed by atoms with Crippen LogP contribution in [0.1, 0.15) is 78.1 Å². The van der Waals surface area contributed by atoms with E-state index in [-0.39, 0.29) is 0 Å². The van der Waals surface area contributed by atoms with Gasteiger partial charge in [-0.05, 0) is 53.3 Å². The summed E-state index contributed by atoms with van der Waals surface area (Å²) in [6, 6.07) is 18.0. The standard InChI is InChI=1S/C26H38S2/c1-3-5-6-7-8-9-10-11-12-13-22-28-26-20-16-24(17-21-26)23-14-18-25(19-15-23)27-4-2/h14-21H,3-13,22H2,1-2H3. The molecule has 0 unspecified atom stereocenters. The number of hydrogen-bond donors (Lipinski definition) is 0. The summed E-state index contributed by atoms with van der Waals surface area (Å²) >= 11 is 3.91. The molecule has 2 aromatic carbocycles. The summed E-state index contributed by atoms with van der Waals surface area (Å²) in [6.45, 7) is 4.49. The second-order valence-electron chi connectivity index (χ2n) is 7.51. The number of unbranched alkanes of at least 4 members (excludes halogenated alkanes) is 9. The molecule has 0 saturated heterocycles. The average Bonchev–Trinajstić information content (AvgIpc) is 2.73. The van der Waals surface area contributed by atoms with Crippen molar-refractivity contribution in [1.82, 2.24) is 0 Å². The van der Waals surface area contributed by atoms with Gasteiger partial charge in [0.1, 0.15) is 0 Å². The van der Waals surface area contributed by atoms with Crippen molar-refractivity contribution in [3.63, 3.8) is 0 Å². The Kier molecular flexibility index (Phi) is 12.6. The van der Waals surface area contributed by atoms with Gasteiger partial charge in [0.2, 0.25) is 0 Å². The van der Waals surface area contributed by atoms with Crippen molar-refractivity contribution >= 4 is 23.5 Å². The quantitative estimate of drug-likeness (QED) is 0.210. The molecule has 0 radical (unpaired) electrons. The van der Waals surface area contributed by atoms with Gasteiger partial charge in [-0.3, -0.25) is 0 Å². The number of hydrogen-bond acceptors (Lipinski definition) is 2. The highest BCUT2D eigenvalue weighted by Crippen LogP contribution is 2.27. The Labute approximate surface area is 182 Å². The van der Waals surface area contributed by atoms with Crippen molar-refractivity contribution in [2.45, 2.75) is 87.8 Å². The van der Waals surface area contributed by atoms with Crippen LogP contribution in [0.25, 0.3) is 11.1 Å². The van der Waals surface area contributed by atoms with Gasteiger partial charge < -0.3 is 0 Å². The number of benzene rings is 2. The zero-order chi connectivity index (χ0) is 19.9. The van der Waals surface area contributed by atoms with E-state index in [4.69, 9.17) is 0 Å². The SMILES string of the molecule is CCCCCCCCCCCCSc1ccc(-c2ccc(SCC)cc2)cc1. The zero-order valence-corrected chi connectivity index (χ0v) is 19.6. The van der Waals surface area contributed by atoms with Crippen molar-refractivity contribution in [3.05, 3.63) is 48.5 Å². The first-order valence-electron chi connectivity index (χ1n) is 11.3. The molecule has 0 aliphatic rings. The maximum atomic E-state index is 2.29. The van der Waals surface area contributed by atoms with Gasteiger partial charge in [-0.1, -0.05) is 95.9 Å². The van der Waals surface area contributed by atoms with Crippen LogP contribution in [-0.4, -0.2) is 11.5 Å². The second-order valence-corrected chi connectivity index (χ2v) is 10.0. The van der Waals surface area contributed by atoms with Crippen LogP contribution in [0, 0.1) is 0 Å². The lowest BCUT2D eigenvalue weighted by molar-refractivity contribution is 0.563. The molecule has 2 rings (SSSR count). The van der Waals surface area contributed by atoms with Gasteiger partial charge in [0.15, 0.2) is 0 Å². The minimum Gasteiger partial charge on any atom is -0.126 e. The first-order chi connectivity index (χ1) is 13.8. The fraction of sp³-hybridized carbons (Fsp3) is 0.538. The predicted octanol–water partition coefficient (Wildman–Crippen LogP) is 9.48. The molecule has 0 atom stereocenters. The summed E-state index contributed by atoms with van der Waals surface area (Å²) < 4.78 is 0. The van der Waals surface area contributed by atoms with Crippen LogP contribution in [0.2, 0.25) is 0 Å². The Balaban J connectivity index is 1.57. The average molecular weight is 415 g/mol. The van der Waals surface area contributed by atoms with Crippen LogP contribution in [0.5, 0.6) is 0 Å². The van der Waals surface area contributed by atoms with Crippen LogP contribution in [0.3, 0.4) is 0 Å². The van der Waals surface area contributed by atoms with E-state index in [1.807, 2.05) is 23.5 Å². The Bertz CT molecular complexity index is 616.